The summed E-state index contributed by atoms with van der Waals surface area (Å²) in [7, 11) is 0. The molecule has 2 rings (SSSR count). The molecule has 0 aromatic heterocycles. The second kappa shape index (κ2) is 7.07. The fourth-order valence-corrected chi connectivity index (χ4v) is 4.33. The second-order valence-corrected chi connectivity index (χ2v) is 7.73. The zero-order valence-corrected chi connectivity index (χ0v) is 16.4. The first-order valence-electron chi connectivity index (χ1n) is 9.45. The lowest BCUT2D eigenvalue weighted by molar-refractivity contribution is 0.745. The molecule has 0 heteroatoms. The minimum absolute atomic E-state index is 0.561. The third-order valence-electron chi connectivity index (χ3n) is 5.11. The van der Waals surface area contributed by atoms with Crippen LogP contribution in [0.1, 0.15) is 101 Å². The zero-order valence-electron chi connectivity index (χ0n) is 16.4. The van der Waals surface area contributed by atoms with E-state index in [1.54, 1.807) is 27.6 Å². The van der Waals surface area contributed by atoms with E-state index in [0.717, 1.165) is 12.8 Å². The molecule has 0 aliphatic carbocycles. The van der Waals surface area contributed by atoms with Gasteiger partial charge in [0.25, 0.3) is 0 Å². The van der Waals surface area contributed by atoms with Gasteiger partial charge >= 0.3 is 0 Å². The fraction of sp³-hybridized carbons (Fsp3) is 0.565. The second-order valence-electron chi connectivity index (χ2n) is 7.73. The third-order valence-corrected chi connectivity index (χ3v) is 5.11. The van der Waals surface area contributed by atoms with Crippen molar-refractivity contribution in [3.05, 3.63) is 46.0 Å². The summed E-state index contributed by atoms with van der Waals surface area (Å²) >= 11 is 0. The molecule has 0 amide bonds. The Hall–Kier alpha value is -1.30. The van der Waals surface area contributed by atoms with Crippen molar-refractivity contribution in [3.8, 4) is 0 Å². The van der Waals surface area contributed by atoms with Gasteiger partial charge in [-0.1, -0.05) is 73.6 Å². The molecule has 2 aromatic carbocycles. The van der Waals surface area contributed by atoms with Crippen LogP contribution >= 0.6 is 0 Å². The minimum atomic E-state index is 0.561. The molecular formula is C23H34. The first kappa shape index (κ1) is 18.0. The molecule has 126 valence electrons. The lowest BCUT2D eigenvalue weighted by Gasteiger charge is -2.29. The molecule has 0 unspecified atom stereocenters. The maximum absolute atomic E-state index is 2.37. The molecule has 0 fully saturated rings. The summed E-state index contributed by atoms with van der Waals surface area (Å²) < 4.78 is 0. The van der Waals surface area contributed by atoms with Gasteiger partial charge in [-0.3, -0.25) is 0 Å². The molecule has 0 nitrogen and oxygen atoms in total. The lowest BCUT2D eigenvalue weighted by atomic mass is 9.76. The van der Waals surface area contributed by atoms with Crippen LogP contribution in [0.2, 0.25) is 0 Å². The van der Waals surface area contributed by atoms with Gasteiger partial charge < -0.3 is 0 Å². The van der Waals surface area contributed by atoms with E-state index >= 15 is 0 Å². The van der Waals surface area contributed by atoms with Crippen LogP contribution < -0.4 is 0 Å². The van der Waals surface area contributed by atoms with Crippen molar-refractivity contribution < 1.29 is 0 Å². The first-order valence-corrected chi connectivity index (χ1v) is 9.45. The molecule has 0 aliphatic rings. The van der Waals surface area contributed by atoms with Crippen molar-refractivity contribution in [2.75, 3.05) is 0 Å². The van der Waals surface area contributed by atoms with E-state index in [2.05, 4.69) is 73.6 Å². The van der Waals surface area contributed by atoms with Crippen LogP contribution in [0.5, 0.6) is 0 Å². The summed E-state index contributed by atoms with van der Waals surface area (Å²) in [6, 6.07) is 6.94. The number of rotatable bonds is 5. The number of benzene rings is 2. The molecule has 0 spiro atoms. The Labute approximate surface area is 143 Å². The molecule has 0 heterocycles. The van der Waals surface area contributed by atoms with Crippen molar-refractivity contribution in [3.63, 3.8) is 0 Å². The normalized spacial score (nSPS) is 12.1. The SMILES string of the molecule is CCc1cccc2c(C(C)C)c(C(C)C)c(C(C)C)c(CC)c12. The predicted octanol–water partition coefficient (Wildman–Crippen LogP) is 7.33. The summed E-state index contributed by atoms with van der Waals surface area (Å²) in [5.41, 5.74) is 7.94. The van der Waals surface area contributed by atoms with Crippen LogP contribution in [0, 0.1) is 0 Å². The summed E-state index contributed by atoms with van der Waals surface area (Å²) in [6.45, 7) is 18.8. The fourth-order valence-electron chi connectivity index (χ4n) is 4.33. The molecule has 0 N–H and O–H groups in total. The van der Waals surface area contributed by atoms with Crippen LogP contribution in [0.3, 0.4) is 0 Å². The van der Waals surface area contributed by atoms with E-state index in [0.29, 0.717) is 17.8 Å². The van der Waals surface area contributed by atoms with E-state index in [4.69, 9.17) is 0 Å². The van der Waals surface area contributed by atoms with Gasteiger partial charge in [-0.25, -0.2) is 0 Å². The molecule has 23 heavy (non-hydrogen) atoms. The summed E-state index contributed by atoms with van der Waals surface area (Å²) in [6.07, 6.45) is 2.24. The Morgan fingerprint density at radius 3 is 1.70 bits per heavy atom. The highest BCUT2D eigenvalue weighted by Gasteiger charge is 2.24. The Morgan fingerprint density at radius 2 is 1.26 bits per heavy atom. The Morgan fingerprint density at radius 1 is 0.696 bits per heavy atom. The number of fused-ring (bicyclic) bond motifs is 1. The molecule has 0 bridgehead atoms. The van der Waals surface area contributed by atoms with Crippen LogP contribution in [0.25, 0.3) is 10.8 Å². The molecule has 0 radical (unpaired) electrons. The average molecular weight is 311 g/mol. The van der Waals surface area contributed by atoms with E-state index in [1.165, 1.54) is 10.9 Å². The lowest BCUT2D eigenvalue weighted by Crippen LogP contribution is -2.11. The highest BCUT2D eigenvalue weighted by atomic mass is 14.3. The van der Waals surface area contributed by atoms with Crippen molar-refractivity contribution in [2.45, 2.75) is 86.0 Å². The number of hydrogen-bond donors (Lipinski definition) is 0. The molecule has 0 saturated carbocycles. The Bertz CT molecular complexity index is 687. The highest BCUT2D eigenvalue weighted by molar-refractivity contribution is 5.94. The third kappa shape index (κ3) is 3.05. The summed E-state index contributed by atoms with van der Waals surface area (Å²) in [5.74, 6) is 1.71. The first-order chi connectivity index (χ1) is 10.8. The molecule has 0 saturated heterocycles. The largest absolute Gasteiger partial charge is 0.0613 e. The smallest absolute Gasteiger partial charge is 0.0114 e. The van der Waals surface area contributed by atoms with Crippen molar-refractivity contribution in [2.24, 2.45) is 0 Å². The summed E-state index contributed by atoms with van der Waals surface area (Å²) in [4.78, 5) is 0. The number of hydrogen-bond acceptors (Lipinski definition) is 0. The van der Waals surface area contributed by atoms with Gasteiger partial charge in [0, 0.05) is 0 Å². The number of aryl methyl sites for hydroxylation is 2. The zero-order chi connectivity index (χ0) is 17.3. The molecule has 0 aliphatic heterocycles. The highest BCUT2D eigenvalue weighted by Crippen LogP contribution is 2.43. The van der Waals surface area contributed by atoms with E-state index in [9.17, 15) is 0 Å². The molecule has 2 aromatic rings. The van der Waals surface area contributed by atoms with Crippen LogP contribution in [-0.4, -0.2) is 0 Å². The molecular weight excluding hydrogens is 276 g/mol. The van der Waals surface area contributed by atoms with E-state index in [-0.39, 0.29) is 0 Å². The van der Waals surface area contributed by atoms with Gasteiger partial charge in [-0.2, -0.15) is 0 Å². The van der Waals surface area contributed by atoms with Crippen LogP contribution in [0.4, 0.5) is 0 Å². The van der Waals surface area contributed by atoms with Crippen LogP contribution in [0.15, 0.2) is 18.2 Å². The Kier molecular flexibility index (Phi) is 5.55. The average Bonchev–Trinajstić information content (AvgIpc) is 2.50. The minimum Gasteiger partial charge on any atom is -0.0613 e. The van der Waals surface area contributed by atoms with Crippen LogP contribution in [-0.2, 0) is 12.8 Å². The summed E-state index contributed by atoms with van der Waals surface area (Å²) in [5, 5.41) is 3.05. The predicted molar refractivity (Wildman–Crippen MR) is 105 cm³/mol. The van der Waals surface area contributed by atoms with Gasteiger partial charge in [0.15, 0.2) is 0 Å². The van der Waals surface area contributed by atoms with Crippen molar-refractivity contribution in [1.29, 1.82) is 0 Å². The van der Waals surface area contributed by atoms with Gasteiger partial charge in [0.05, 0.1) is 0 Å². The van der Waals surface area contributed by atoms with E-state index in [1.807, 2.05) is 0 Å². The van der Waals surface area contributed by atoms with Gasteiger partial charge in [0.1, 0.15) is 0 Å². The standard InChI is InChI=1S/C23H34/c1-9-17-12-11-13-19-21(15(5)6)22(16(7)8)20(14(3)4)18(10-2)23(17)19/h11-16H,9-10H2,1-8H3. The van der Waals surface area contributed by atoms with Gasteiger partial charge in [0.2, 0.25) is 0 Å². The molecule has 0 atom stereocenters. The monoisotopic (exact) mass is 310 g/mol. The van der Waals surface area contributed by atoms with Gasteiger partial charge in [-0.15, -0.1) is 0 Å². The van der Waals surface area contributed by atoms with Crippen molar-refractivity contribution in [1.82, 2.24) is 0 Å². The van der Waals surface area contributed by atoms with E-state index < -0.39 is 0 Å². The maximum Gasteiger partial charge on any atom is -0.0114 e. The Balaban J connectivity index is 3.14. The van der Waals surface area contributed by atoms with Gasteiger partial charge in [-0.05, 0) is 69.2 Å². The quantitative estimate of drug-likeness (QED) is 0.542. The topological polar surface area (TPSA) is 0 Å². The van der Waals surface area contributed by atoms with Crippen molar-refractivity contribution >= 4 is 10.8 Å². The maximum atomic E-state index is 2.37.